The van der Waals surface area contributed by atoms with Crippen LogP contribution < -0.4 is 16.9 Å². The van der Waals surface area contributed by atoms with Crippen LogP contribution in [0.1, 0.15) is 37.3 Å². The van der Waals surface area contributed by atoms with Gasteiger partial charge in [0.05, 0.1) is 40.4 Å². The van der Waals surface area contributed by atoms with Gasteiger partial charge in [-0.05, 0) is 30.7 Å². The zero-order valence-electron chi connectivity index (χ0n) is 20.2. The Morgan fingerprint density at radius 1 is 0.974 bits per heavy atom. The maximum absolute atomic E-state index is 14.5. The number of aryl methyl sites for hydroxylation is 1. The van der Waals surface area contributed by atoms with E-state index in [-0.39, 0.29) is 27.7 Å². The van der Waals surface area contributed by atoms with Crippen molar-refractivity contribution in [3.63, 3.8) is 0 Å². The maximum Gasteiger partial charge on any atom is 0.423 e. The molecule has 0 aliphatic heterocycles. The summed E-state index contributed by atoms with van der Waals surface area (Å²) in [7, 11) is 0. The van der Waals surface area contributed by atoms with Crippen LogP contribution in [0.4, 0.5) is 36.4 Å². The highest BCUT2D eigenvalue weighted by Crippen LogP contribution is 2.31. The molecule has 3 N–H and O–H groups in total. The summed E-state index contributed by atoms with van der Waals surface area (Å²) in [5, 5.41) is 4.86. The van der Waals surface area contributed by atoms with Crippen LogP contribution in [0, 0.1) is 5.82 Å². The molecule has 0 spiro atoms. The zero-order valence-corrected chi connectivity index (χ0v) is 20.2. The number of fused-ring (bicyclic) bond motifs is 1. The number of rotatable bonds is 5. The van der Waals surface area contributed by atoms with E-state index in [1.54, 1.807) is 5.10 Å². The molecule has 0 saturated carbocycles. The fraction of sp³-hybridized carbons (Fsp3) is 0.292. The SMILES string of the molecule is CCCCCn1cnc2cc(-c3ccc(C(F)(F)F)cn3)c(F)cc2c1=O.Nc1cn[nH]c(=O)c1C(F)(F)F. The van der Waals surface area contributed by atoms with Gasteiger partial charge in [-0.25, -0.2) is 14.5 Å². The number of nitrogens with one attached hydrogen (secondary N) is 1. The molecular weight excluding hydrogens is 537 g/mol. The number of nitrogens with two attached hydrogens (primary N) is 1. The average Bonchev–Trinajstić information content (AvgIpc) is 2.85. The number of aromatic amines is 1. The van der Waals surface area contributed by atoms with E-state index in [0.29, 0.717) is 12.7 Å². The minimum absolute atomic E-state index is 0.00754. The van der Waals surface area contributed by atoms with E-state index < -0.39 is 40.5 Å². The zero-order chi connectivity index (χ0) is 29.0. The Kier molecular flexibility index (Phi) is 8.71. The molecule has 0 aliphatic carbocycles. The van der Waals surface area contributed by atoms with Crippen molar-refractivity contribution in [2.24, 2.45) is 0 Å². The van der Waals surface area contributed by atoms with E-state index in [2.05, 4.69) is 15.1 Å². The Balaban J connectivity index is 0.000000293. The van der Waals surface area contributed by atoms with Crippen LogP contribution in [-0.2, 0) is 18.9 Å². The Morgan fingerprint density at radius 3 is 2.23 bits per heavy atom. The van der Waals surface area contributed by atoms with Crippen LogP contribution >= 0.6 is 0 Å². The number of H-pyrrole nitrogens is 1. The lowest BCUT2D eigenvalue weighted by molar-refractivity contribution is -0.138. The molecular formula is C24H21F7N6O2. The molecule has 0 radical (unpaired) electrons. The Morgan fingerprint density at radius 2 is 1.69 bits per heavy atom. The van der Waals surface area contributed by atoms with Crippen LogP contribution in [0.15, 0.2) is 52.6 Å². The first-order valence-electron chi connectivity index (χ1n) is 11.4. The molecule has 39 heavy (non-hydrogen) atoms. The first-order valence-corrected chi connectivity index (χ1v) is 11.4. The normalized spacial score (nSPS) is 11.8. The smallest absolute Gasteiger partial charge is 0.397 e. The highest BCUT2D eigenvalue weighted by atomic mass is 19.4. The molecule has 0 saturated heterocycles. The van der Waals surface area contributed by atoms with Gasteiger partial charge in [-0.15, -0.1) is 0 Å². The van der Waals surface area contributed by atoms with Crippen LogP contribution in [0.5, 0.6) is 0 Å². The third-order valence-electron chi connectivity index (χ3n) is 5.45. The van der Waals surface area contributed by atoms with Gasteiger partial charge in [0.2, 0.25) is 0 Å². The van der Waals surface area contributed by atoms with E-state index in [0.717, 1.165) is 43.7 Å². The van der Waals surface area contributed by atoms with Crippen molar-refractivity contribution >= 4 is 16.6 Å². The largest absolute Gasteiger partial charge is 0.423 e. The van der Waals surface area contributed by atoms with Gasteiger partial charge >= 0.3 is 12.4 Å². The summed E-state index contributed by atoms with van der Waals surface area (Å²) in [4.78, 5) is 31.0. The standard InChI is InChI=1S/C19H17F4N3O.C5H4F3N3O/c1-2-3-4-7-26-11-25-17-9-13(15(20)8-14(17)18(26)27)16-6-5-12(10-24-16)19(21,22)23;6-5(7,8)3-2(9)1-10-11-4(3)12/h5-6,8-11H,2-4,7H2,1H3;1H,(H3,9,11,12). The monoisotopic (exact) mass is 558 g/mol. The first-order chi connectivity index (χ1) is 18.2. The second-order valence-electron chi connectivity index (χ2n) is 8.26. The van der Waals surface area contributed by atoms with Crippen LogP contribution in [0.25, 0.3) is 22.2 Å². The highest BCUT2D eigenvalue weighted by Gasteiger charge is 2.36. The van der Waals surface area contributed by atoms with Gasteiger partial charge in [-0.2, -0.15) is 31.4 Å². The summed E-state index contributed by atoms with van der Waals surface area (Å²) in [5.74, 6) is -0.736. The van der Waals surface area contributed by atoms with Gasteiger partial charge in [-0.3, -0.25) is 19.1 Å². The van der Waals surface area contributed by atoms with Gasteiger partial charge < -0.3 is 5.73 Å². The summed E-state index contributed by atoms with van der Waals surface area (Å²) in [6.45, 7) is 2.55. The molecule has 0 unspecified atom stereocenters. The third kappa shape index (κ3) is 6.97. The van der Waals surface area contributed by atoms with Crippen molar-refractivity contribution in [1.29, 1.82) is 0 Å². The fourth-order valence-electron chi connectivity index (χ4n) is 3.49. The average molecular weight is 558 g/mol. The van der Waals surface area contributed by atoms with Gasteiger partial charge in [0.15, 0.2) is 0 Å². The molecule has 0 bridgehead atoms. The molecule has 0 aliphatic rings. The van der Waals surface area contributed by atoms with Crippen molar-refractivity contribution in [3.8, 4) is 11.3 Å². The highest BCUT2D eigenvalue weighted by molar-refractivity contribution is 5.83. The molecule has 0 atom stereocenters. The lowest BCUT2D eigenvalue weighted by Gasteiger charge is -2.10. The van der Waals surface area contributed by atoms with Gasteiger partial charge in [-0.1, -0.05) is 19.8 Å². The summed E-state index contributed by atoms with van der Waals surface area (Å²) < 4.78 is 89.8. The van der Waals surface area contributed by atoms with Gasteiger partial charge in [0.1, 0.15) is 11.4 Å². The van der Waals surface area contributed by atoms with Crippen molar-refractivity contribution in [2.45, 2.75) is 45.1 Å². The lowest BCUT2D eigenvalue weighted by Crippen LogP contribution is -2.24. The van der Waals surface area contributed by atoms with E-state index in [1.165, 1.54) is 17.0 Å². The Labute approximate surface area is 215 Å². The molecule has 4 rings (SSSR count). The number of nitrogens with zero attached hydrogens (tertiary/aromatic N) is 4. The number of hydrogen-bond acceptors (Lipinski definition) is 6. The van der Waals surface area contributed by atoms with Crippen molar-refractivity contribution < 1.29 is 30.7 Å². The number of hydrogen-bond donors (Lipinski definition) is 2. The molecule has 0 amide bonds. The van der Waals surface area contributed by atoms with E-state index >= 15 is 0 Å². The predicted octanol–water partition coefficient (Wildman–Crippen LogP) is 5.18. The molecule has 208 valence electrons. The number of pyridine rings is 1. The number of halogens is 7. The Bertz CT molecular complexity index is 1560. The number of unbranched alkanes of at least 4 members (excludes halogenated alkanes) is 2. The quantitative estimate of drug-likeness (QED) is 0.258. The molecule has 3 heterocycles. The minimum atomic E-state index is -4.74. The van der Waals surface area contributed by atoms with Crippen LogP contribution in [-0.4, -0.2) is 24.7 Å². The molecule has 0 fully saturated rings. The fourth-order valence-corrected chi connectivity index (χ4v) is 3.49. The molecule has 8 nitrogen and oxygen atoms in total. The first kappa shape index (κ1) is 29.3. The minimum Gasteiger partial charge on any atom is -0.397 e. The number of aromatic nitrogens is 5. The van der Waals surface area contributed by atoms with Crippen LogP contribution in [0.3, 0.4) is 0 Å². The second kappa shape index (κ2) is 11.6. The summed E-state index contributed by atoms with van der Waals surface area (Å²) in [6, 6.07) is 4.33. The molecule has 15 heteroatoms. The van der Waals surface area contributed by atoms with Crippen molar-refractivity contribution in [3.05, 3.63) is 80.6 Å². The van der Waals surface area contributed by atoms with Crippen molar-refractivity contribution in [1.82, 2.24) is 24.7 Å². The van der Waals surface area contributed by atoms with E-state index in [4.69, 9.17) is 5.73 Å². The lowest BCUT2D eigenvalue weighted by atomic mass is 10.1. The van der Waals surface area contributed by atoms with E-state index in [9.17, 15) is 40.3 Å². The number of benzene rings is 1. The van der Waals surface area contributed by atoms with E-state index in [1.807, 2.05) is 6.92 Å². The maximum atomic E-state index is 14.5. The molecule has 1 aromatic carbocycles. The third-order valence-corrected chi connectivity index (χ3v) is 5.45. The van der Waals surface area contributed by atoms with Gasteiger partial charge in [0, 0.05) is 18.3 Å². The molecule has 4 aromatic rings. The summed E-state index contributed by atoms with van der Waals surface area (Å²) >= 11 is 0. The van der Waals surface area contributed by atoms with Crippen molar-refractivity contribution in [2.75, 3.05) is 5.73 Å². The van der Waals surface area contributed by atoms with Crippen LogP contribution in [0.2, 0.25) is 0 Å². The summed E-state index contributed by atoms with van der Waals surface area (Å²) in [6.07, 6.45) is -3.66. The Hall–Kier alpha value is -4.30. The number of alkyl halides is 6. The number of nitrogen functional groups attached to an aromatic ring is 1. The summed E-state index contributed by atoms with van der Waals surface area (Å²) in [5.41, 5.74) is 0.532. The predicted molar refractivity (Wildman–Crippen MR) is 128 cm³/mol. The second-order valence-corrected chi connectivity index (χ2v) is 8.26. The van der Waals surface area contributed by atoms with Gasteiger partial charge in [0.25, 0.3) is 11.1 Å². The number of anilines is 1. The molecule has 3 aromatic heterocycles. The topological polar surface area (TPSA) is 120 Å².